The van der Waals surface area contributed by atoms with Crippen molar-refractivity contribution in [2.24, 2.45) is 11.3 Å². The summed E-state index contributed by atoms with van der Waals surface area (Å²) < 4.78 is 0. The molecule has 0 amide bonds. The number of ketones is 1. The molecule has 0 spiro atoms. The molecule has 3 heteroatoms. The van der Waals surface area contributed by atoms with Gasteiger partial charge in [0.2, 0.25) is 0 Å². The Kier molecular flexibility index (Phi) is 3.60. The third-order valence-electron chi connectivity index (χ3n) is 2.86. The normalized spacial score (nSPS) is 30.2. The molecule has 0 bridgehead atoms. The van der Waals surface area contributed by atoms with E-state index in [1.807, 2.05) is 0 Å². The van der Waals surface area contributed by atoms with Gasteiger partial charge in [0, 0.05) is 11.8 Å². The van der Waals surface area contributed by atoms with Crippen LogP contribution in [0.4, 0.5) is 0 Å². The maximum Gasteiger partial charge on any atom is 0.150 e. The van der Waals surface area contributed by atoms with E-state index in [-0.39, 0.29) is 11.2 Å². The minimum atomic E-state index is -1.37. The number of carbonyl (C=O) groups excluding carboxylic acids is 1. The molecule has 0 aliphatic heterocycles. The summed E-state index contributed by atoms with van der Waals surface area (Å²) in [6.45, 7) is 8.70. The fraction of sp³-hybridized carbons (Fsp3) is 0.692. The smallest absolute Gasteiger partial charge is 0.150 e. The first-order chi connectivity index (χ1) is 7.26. The molecule has 1 saturated carbocycles. The molecule has 2 atom stereocenters. The summed E-state index contributed by atoms with van der Waals surface area (Å²) in [6, 6.07) is 2.10. The Morgan fingerprint density at radius 1 is 1.44 bits per heavy atom. The highest BCUT2D eigenvalue weighted by atomic mass is 28.3. The number of hydrogen-bond acceptors (Lipinski definition) is 2. The molecule has 0 aromatic rings. The predicted octanol–water partition coefficient (Wildman–Crippen LogP) is 2.77. The average Bonchev–Trinajstić information content (AvgIpc) is 2.19. The second kappa shape index (κ2) is 4.43. The predicted molar refractivity (Wildman–Crippen MR) is 67.2 cm³/mol. The third kappa shape index (κ3) is 3.50. The first-order valence-corrected chi connectivity index (χ1v) is 9.22. The lowest BCUT2D eigenvalue weighted by atomic mass is 9.71. The number of hydrogen-bond donors (Lipinski definition) is 0. The molecule has 86 valence electrons. The Hall–Kier alpha value is -1.06. The van der Waals surface area contributed by atoms with Crippen LogP contribution in [0.25, 0.3) is 0 Å². The van der Waals surface area contributed by atoms with E-state index in [2.05, 4.69) is 44.1 Å². The van der Waals surface area contributed by atoms with Crippen LogP contribution in [0.5, 0.6) is 0 Å². The maximum absolute atomic E-state index is 11.5. The van der Waals surface area contributed by atoms with Crippen LogP contribution >= 0.6 is 0 Å². The summed E-state index contributed by atoms with van der Waals surface area (Å²) in [6.07, 6.45) is 1.93. The van der Waals surface area contributed by atoms with Crippen LogP contribution in [-0.2, 0) is 4.79 Å². The van der Waals surface area contributed by atoms with Gasteiger partial charge in [0.15, 0.2) is 0 Å². The van der Waals surface area contributed by atoms with Crippen molar-refractivity contribution in [2.75, 3.05) is 0 Å². The van der Waals surface area contributed by atoms with Gasteiger partial charge in [0.05, 0.1) is 6.07 Å². The molecule has 16 heavy (non-hydrogen) atoms. The number of carbonyl (C=O) groups is 1. The molecule has 1 fully saturated rings. The second-order valence-electron chi connectivity index (χ2n) is 5.91. The zero-order valence-electron chi connectivity index (χ0n) is 10.6. The van der Waals surface area contributed by atoms with E-state index < -0.39 is 14.0 Å². The summed E-state index contributed by atoms with van der Waals surface area (Å²) >= 11 is 0. The van der Waals surface area contributed by atoms with Crippen molar-refractivity contribution in [3.8, 4) is 17.5 Å². The van der Waals surface area contributed by atoms with Gasteiger partial charge in [-0.15, -0.1) is 11.5 Å². The lowest BCUT2D eigenvalue weighted by molar-refractivity contribution is -0.124. The highest BCUT2D eigenvalue weighted by Crippen LogP contribution is 2.36. The van der Waals surface area contributed by atoms with Crippen LogP contribution in [0.2, 0.25) is 19.6 Å². The van der Waals surface area contributed by atoms with Crippen LogP contribution in [-0.4, -0.2) is 13.9 Å². The fourth-order valence-electron chi connectivity index (χ4n) is 1.81. The van der Waals surface area contributed by atoms with Crippen molar-refractivity contribution in [2.45, 2.75) is 45.8 Å². The minimum Gasteiger partial charge on any atom is -0.298 e. The molecule has 0 aromatic heterocycles. The largest absolute Gasteiger partial charge is 0.298 e. The van der Waals surface area contributed by atoms with Crippen molar-refractivity contribution in [1.29, 1.82) is 5.26 Å². The molecular formula is C13H19NOSi. The molecule has 1 aliphatic rings. The van der Waals surface area contributed by atoms with Crippen molar-refractivity contribution in [1.82, 2.24) is 0 Å². The van der Waals surface area contributed by atoms with Gasteiger partial charge in [-0.3, -0.25) is 4.79 Å². The number of nitrogens with zero attached hydrogens (tertiary/aromatic N) is 1. The SMILES string of the molecule is CC1(C#C[Si](C)(C)C)CCC(=O)C(C#N)C1. The third-order valence-corrected chi connectivity index (χ3v) is 3.74. The van der Waals surface area contributed by atoms with Gasteiger partial charge in [-0.25, -0.2) is 0 Å². The van der Waals surface area contributed by atoms with Gasteiger partial charge >= 0.3 is 0 Å². The molecule has 0 heterocycles. The van der Waals surface area contributed by atoms with Gasteiger partial charge in [-0.1, -0.05) is 19.6 Å². The molecular weight excluding hydrogens is 214 g/mol. The molecule has 0 saturated heterocycles. The van der Waals surface area contributed by atoms with E-state index >= 15 is 0 Å². The minimum absolute atomic E-state index is 0.0924. The Labute approximate surface area is 99.0 Å². The standard InChI is InChI=1S/C13H19NOSi/c1-13(7-8-16(2,3)4)6-5-12(15)11(9-13)10-14/h11H,5-6,9H2,1-4H3. The summed E-state index contributed by atoms with van der Waals surface area (Å²) in [7, 11) is -1.37. The molecule has 2 unspecified atom stereocenters. The fourth-order valence-corrected chi connectivity index (χ4v) is 2.49. The summed E-state index contributed by atoms with van der Waals surface area (Å²) in [5, 5.41) is 8.91. The Morgan fingerprint density at radius 2 is 2.06 bits per heavy atom. The van der Waals surface area contributed by atoms with Gasteiger partial charge < -0.3 is 0 Å². The molecule has 0 aromatic carbocycles. The van der Waals surface area contributed by atoms with Crippen molar-refractivity contribution >= 4 is 13.9 Å². The zero-order chi connectivity index (χ0) is 12.4. The molecule has 2 nitrogen and oxygen atoms in total. The van der Waals surface area contributed by atoms with Gasteiger partial charge in [0.1, 0.15) is 19.8 Å². The quantitative estimate of drug-likeness (QED) is 0.477. The average molecular weight is 233 g/mol. The lowest BCUT2D eigenvalue weighted by Crippen LogP contribution is -2.31. The molecule has 0 radical (unpaired) electrons. The van der Waals surface area contributed by atoms with Crippen LogP contribution < -0.4 is 0 Å². The van der Waals surface area contributed by atoms with E-state index in [4.69, 9.17) is 5.26 Å². The summed E-state index contributed by atoms with van der Waals surface area (Å²) in [5.74, 6) is 2.99. The van der Waals surface area contributed by atoms with E-state index in [1.54, 1.807) is 0 Å². The van der Waals surface area contributed by atoms with Gasteiger partial charge in [-0.05, 0) is 19.8 Å². The topological polar surface area (TPSA) is 40.9 Å². The van der Waals surface area contributed by atoms with Crippen molar-refractivity contribution in [3.63, 3.8) is 0 Å². The van der Waals surface area contributed by atoms with E-state index in [0.29, 0.717) is 12.8 Å². The van der Waals surface area contributed by atoms with Gasteiger partial charge in [-0.2, -0.15) is 5.26 Å². The number of Topliss-reactive ketones (excluding diaryl/α,β-unsaturated/α-hetero) is 1. The highest BCUT2D eigenvalue weighted by molar-refractivity contribution is 6.83. The van der Waals surface area contributed by atoms with Crippen LogP contribution in [0.15, 0.2) is 0 Å². The first-order valence-electron chi connectivity index (χ1n) is 5.72. The highest BCUT2D eigenvalue weighted by Gasteiger charge is 2.35. The molecule has 1 rings (SSSR count). The van der Waals surface area contributed by atoms with Crippen molar-refractivity contribution < 1.29 is 4.79 Å². The molecule has 1 aliphatic carbocycles. The van der Waals surface area contributed by atoms with Crippen LogP contribution in [0.1, 0.15) is 26.2 Å². The number of rotatable bonds is 0. The monoisotopic (exact) mass is 233 g/mol. The maximum atomic E-state index is 11.5. The lowest BCUT2D eigenvalue weighted by Gasteiger charge is -2.30. The summed E-state index contributed by atoms with van der Waals surface area (Å²) in [4.78, 5) is 11.5. The first kappa shape index (κ1) is 13.0. The van der Waals surface area contributed by atoms with Gasteiger partial charge in [0.25, 0.3) is 0 Å². The molecule has 0 N–H and O–H groups in total. The van der Waals surface area contributed by atoms with Crippen LogP contribution in [0, 0.1) is 34.1 Å². The Bertz CT molecular complexity index is 391. The Balaban J connectivity index is 2.83. The zero-order valence-corrected chi connectivity index (χ0v) is 11.6. The second-order valence-corrected chi connectivity index (χ2v) is 10.7. The van der Waals surface area contributed by atoms with Crippen LogP contribution in [0.3, 0.4) is 0 Å². The Morgan fingerprint density at radius 3 is 2.56 bits per heavy atom. The van der Waals surface area contributed by atoms with E-state index in [0.717, 1.165) is 6.42 Å². The van der Waals surface area contributed by atoms with Crippen molar-refractivity contribution in [3.05, 3.63) is 0 Å². The summed E-state index contributed by atoms with van der Waals surface area (Å²) in [5.41, 5.74) is 3.23. The number of nitriles is 1. The van der Waals surface area contributed by atoms with E-state index in [9.17, 15) is 4.79 Å². The van der Waals surface area contributed by atoms with E-state index in [1.165, 1.54) is 0 Å².